The number of aromatic nitrogens is 3. The van der Waals surface area contributed by atoms with Gasteiger partial charge in [-0.15, -0.1) is 0 Å². The van der Waals surface area contributed by atoms with E-state index < -0.39 is 17.6 Å². The molecule has 0 radical (unpaired) electrons. The van der Waals surface area contributed by atoms with Crippen LogP contribution in [0.25, 0.3) is 22.4 Å². The highest BCUT2D eigenvalue weighted by Crippen LogP contribution is 2.39. The van der Waals surface area contributed by atoms with Gasteiger partial charge in [0.05, 0.1) is 29.7 Å². The number of methoxy groups -OCH3 is 1. The molecule has 5 rings (SSSR count). The fourth-order valence-corrected chi connectivity index (χ4v) is 5.20. The maximum atomic E-state index is 14.5. The van der Waals surface area contributed by atoms with Crippen LogP contribution in [-0.2, 0) is 4.74 Å². The lowest BCUT2D eigenvalue weighted by Crippen LogP contribution is -2.28. The Balaban J connectivity index is 1.60. The first-order chi connectivity index (χ1) is 17.9. The minimum Gasteiger partial charge on any atom is -0.475 e. The third-order valence-corrected chi connectivity index (χ3v) is 7.17. The van der Waals surface area contributed by atoms with E-state index in [0.717, 1.165) is 43.7 Å². The summed E-state index contributed by atoms with van der Waals surface area (Å²) >= 11 is 6.12. The van der Waals surface area contributed by atoms with Crippen LogP contribution in [-0.4, -0.2) is 34.2 Å². The summed E-state index contributed by atoms with van der Waals surface area (Å²) in [5.41, 5.74) is 1.94. The van der Waals surface area contributed by atoms with Crippen molar-refractivity contribution in [1.82, 2.24) is 14.5 Å². The van der Waals surface area contributed by atoms with Crippen molar-refractivity contribution in [2.75, 3.05) is 13.7 Å². The predicted molar refractivity (Wildman–Crippen MR) is 137 cm³/mol. The molecular formula is C28H26ClF2N3O3. The number of hydrogen-bond donors (Lipinski definition) is 0. The first-order valence-corrected chi connectivity index (χ1v) is 12.6. The van der Waals surface area contributed by atoms with E-state index in [9.17, 15) is 13.6 Å². The molecule has 1 fully saturated rings. The average Bonchev–Trinajstić information content (AvgIpc) is 3.27. The Morgan fingerprint density at radius 3 is 2.54 bits per heavy atom. The minimum atomic E-state index is -0.950. The fourth-order valence-electron chi connectivity index (χ4n) is 5.07. The normalized spacial score (nSPS) is 15.0. The summed E-state index contributed by atoms with van der Waals surface area (Å²) in [6.07, 6.45) is 6.72. The second-order valence-corrected chi connectivity index (χ2v) is 9.65. The lowest BCUT2D eigenvalue weighted by Gasteiger charge is -2.32. The second kappa shape index (κ2) is 10.8. The highest BCUT2D eigenvalue weighted by atomic mass is 35.5. The van der Waals surface area contributed by atoms with Gasteiger partial charge in [-0.25, -0.2) is 23.5 Å². The van der Waals surface area contributed by atoms with E-state index in [0.29, 0.717) is 27.4 Å². The standard InChI is InChI=1S/C28H26ClF2N3O3/c1-36-28(35)19-11-12-32-26(13-19)37-16-25(17-5-3-2-4-6-17)34-24-15-22(31)21(30)14-23(24)33-27(34)18-7-9-20(29)10-8-18/h7-15,17,25H,2-6,16H2,1H3. The van der Waals surface area contributed by atoms with Gasteiger partial charge >= 0.3 is 5.97 Å². The van der Waals surface area contributed by atoms with E-state index in [1.54, 1.807) is 18.2 Å². The third kappa shape index (κ3) is 5.30. The Morgan fingerprint density at radius 2 is 1.81 bits per heavy atom. The Bertz CT molecular complexity index is 1420. The van der Waals surface area contributed by atoms with Gasteiger partial charge in [0, 0.05) is 35.0 Å². The molecule has 1 saturated carbocycles. The lowest BCUT2D eigenvalue weighted by molar-refractivity contribution is 0.0599. The van der Waals surface area contributed by atoms with Gasteiger partial charge < -0.3 is 14.0 Å². The molecule has 9 heteroatoms. The number of ether oxygens (including phenoxy) is 2. The van der Waals surface area contributed by atoms with E-state index in [1.165, 1.54) is 25.4 Å². The van der Waals surface area contributed by atoms with Gasteiger partial charge in [-0.3, -0.25) is 0 Å². The van der Waals surface area contributed by atoms with Gasteiger partial charge in [0.1, 0.15) is 12.4 Å². The quantitative estimate of drug-likeness (QED) is 0.243. The molecule has 0 spiro atoms. The van der Waals surface area contributed by atoms with E-state index in [2.05, 4.69) is 4.98 Å². The summed E-state index contributed by atoms with van der Waals surface area (Å²) in [4.78, 5) is 20.9. The SMILES string of the molecule is COC(=O)c1ccnc(OCC(C2CCCCC2)n2c(-c3ccc(Cl)cc3)nc3cc(F)c(F)cc32)c1. The first kappa shape index (κ1) is 25.1. The van der Waals surface area contributed by atoms with Crippen molar-refractivity contribution < 1.29 is 23.0 Å². The van der Waals surface area contributed by atoms with Gasteiger partial charge in [-0.2, -0.15) is 0 Å². The largest absolute Gasteiger partial charge is 0.475 e. The number of rotatable bonds is 7. The van der Waals surface area contributed by atoms with Crippen molar-refractivity contribution in [1.29, 1.82) is 0 Å². The van der Waals surface area contributed by atoms with Crippen molar-refractivity contribution in [3.8, 4) is 17.3 Å². The van der Waals surface area contributed by atoms with Crippen molar-refractivity contribution in [3.05, 3.63) is 76.9 Å². The average molecular weight is 526 g/mol. The topological polar surface area (TPSA) is 66.2 Å². The molecule has 0 N–H and O–H groups in total. The van der Waals surface area contributed by atoms with Crippen LogP contribution in [0.3, 0.4) is 0 Å². The van der Waals surface area contributed by atoms with Gasteiger partial charge in [0.2, 0.25) is 5.88 Å². The number of imidazole rings is 1. The van der Waals surface area contributed by atoms with E-state index >= 15 is 0 Å². The maximum Gasteiger partial charge on any atom is 0.338 e. The molecule has 0 aliphatic heterocycles. The Labute approximate surface area is 218 Å². The number of halogens is 3. The van der Waals surface area contributed by atoms with Crippen molar-refractivity contribution in [2.45, 2.75) is 38.1 Å². The zero-order valence-electron chi connectivity index (χ0n) is 20.3. The van der Waals surface area contributed by atoms with Gasteiger partial charge in [-0.05, 0) is 49.1 Å². The molecule has 2 heterocycles. The molecule has 6 nitrogen and oxygen atoms in total. The smallest absolute Gasteiger partial charge is 0.338 e. The highest BCUT2D eigenvalue weighted by molar-refractivity contribution is 6.30. The molecule has 1 unspecified atom stereocenters. The number of nitrogens with zero attached hydrogens (tertiary/aromatic N) is 3. The molecule has 37 heavy (non-hydrogen) atoms. The number of pyridine rings is 1. The molecule has 1 aliphatic rings. The molecule has 1 aliphatic carbocycles. The Morgan fingerprint density at radius 1 is 1.08 bits per heavy atom. The van der Waals surface area contributed by atoms with Crippen molar-refractivity contribution in [3.63, 3.8) is 0 Å². The van der Waals surface area contributed by atoms with Crippen LogP contribution in [0.5, 0.6) is 5.88 Å². The van der Waals surface area contributed by atoms with Crippen molar-refractivity contribution >= 4 is 28.6 Å². The van der Waals surface area contributed by atoms with Gasteiger partial charge in [0.15, 0.2) is 11.6 Å². The number of fused-ring (bicyclic) bond motifs is 1. The number of hydrogen-bond acceptors (Lipinski definition) is 5. The van der Waals surface area contributed by atoms with Crippen LogP contribution in [0.1, 0.15) is 48.5 Å². The molecule has 0 bridgehead atoms. The van der Waals surface area contributed by atoms with Crippen LogP contribution in [0.15, 0.2) is 54.7 Å². The van der Waals surface area contributed by atoms with Crippen LogP contribution in [0.4, 0.5) is 8.78 Å². The molecule has 192 valence electrons. The van der Waals surface area contributed by atoms with Gasteiger partial charge in [-0.1, -0.05) is 30.9 Å². The van der Waals surface area contributed by atoms with Crippen molar-refractivity contribution in [2.24, 2.45) is 5.92 Å². The number of benzene rings is 2. The third-order valence-electron chi connectivity index (χ3n) is 6.92. The zero-order valence-corrected chi connectivity index (χ0v) is 21.0. The molecule has 2 aromatic heterocycles. The Hall–Kier alpha value is -3.52. The van der Waals surface area contributed by atoms with Crippen LogP contribution >= 0.6 is 11.6 Å². The second-order valence-electron chi connectivity index (χ2n) is 9.22. The molecular weight excluding hydrogens is 500 g/mol. The van der Waals surface area contributed by atoms with Crippen LogP contribution in [0, 0.1) is 17.6 Å². The molecule has 1 atom stereocenters. The predicted octanol–water partition coefficient (Wildman–Crippen LogP) is 7.02. The monoisotopic (exact) mass is 525 g/mol. The van der Waals surface area contributed by atoms with E-state index in [1.807, 2.05) is 16.7 Å². The van der Waals surface area contributed by atoms with Crippen LogP contribution < -0.4 is 4.74 Å². The fraction of sp³-hybridized carbons (Fsp3) is 0.321. The summed E-state index contributed by atoms with van der Waals surface area (Å²) < 4.78 is 41.6. The lowest BCUT2D eigenvalue weighted by atomic mass is 9.83. The molecule has 2 aromatic carbocycles. The maximum absolute atomic E-state index is 14.5. The van der Waals surface area contributed by atoms with Gasteiger partial charge in [0.25, 0.3) is 0 Å². The number of carbonyl (C=O) groups excluding carboxylic acids is 1. The molecule has 4 aromatic rings. The Kier molecular flexibility index (Phi) is 7.37. The molecule has 0 amide bonds. The highest BCUT2D eigenvalue weighted by Gasteiger charge is 2.30. The van der Waals surface area contributed by atoms with Crippen LogP contribution in [0.2, 0.25) is 5.02 Å². The summed E-state index contributed by atoms with van der Waals surface area (Å²) in [6, 6.07) is 12.4. The first-order valence-electron chi connectivity index (χ1n) is 12.2. The summed E-state index contributed by atoms with van der Waals surface area (Å²) in [5.74, 6) is -1.31. The zero-order chi connectivity index (χ0) is 25.9. The van der Waals surface area contributed by atoms with E-state index in [4.69, 9.17) is 26.1 Å². The molecule has 0 saturated heterocycles. The summed E-state index contributed by atoms with van der Waals surface area (Å²) in [7, 11) is 1.31. The minimum absolute atomic E-state index is 0.202. The summed E-state index contributed by atoms with van der Waals surface area (Å²) in [6.45, 7) is 0.202. The van der Waals surface area contributed by atoms with E-state index in [-0.39, 0.29) is 24.4 Å². The number of esters is 1. The number of carbonyl (C=O) groups is 1. The summed E-state index contributed by atoms with van der Waals surface area (Å²) in [5, 5.41) is 0.576.